The lowest BCUT2D eigenvalue weighted by Crippen LogP contribution is -1.95. The van der Waals surface area contributed by atoms with E-state index in [4.69, 9.17) is 5.26 Å². The fourth-order valence-electron chi connectivity index (χ4n) is 1.16. The highest BCUT2D eigenvalue weighted by Crippen LogP contribution is 2.23. The van der Waals surface area contributed by atoms with Gasteiger partial charge in [-0.3, -0.25) is 10.1 Å². The van der Waals surface area contributed by atoms with Crippen LogP contribution >= 0.6 is 0 Å². The Labute approximate surface area is 81.9 Å². The van der Waals surface area contributed by atoms with Crippen molar-refractivity contribution in [3.05, 3.63) is 39.4 Å². The molecule has 0 radical (unpaired) electrons. The lowest BCUT2D eigenvalue weighted by molar-refractivity contribution is -0.385. The molecule has 14 heavy (non-hydrogen) atoms. The van der Waals surface area contributed by atoms with Crippen LogP contribution in [0.3, 0.4) is 0 Å². The van der Waals surface area contributed by atoms with Crippen molar-refractivity contribution in [3.63, 3.8) is 0 Å². The van der Waals surface area contributed by atoms with Crippen molar-refractivity contribution >= 4 is 5.69 Å². The maximum Gasteiger partial charge on any atom is 0.287 e. The number of hydrogen-bond acceptors (Lipinski definition) is 3. The van der Waals surface area contributed by atoms with Crippen molar-refractivity contribution in [1.29, 1.82) is 5.26 Å². The summed E-state index contributed by atoms with van der Waals surface area (Å²) in [4.78, 5) is 9.98. The molecule has 0 spiro atoms. The lowest BCUT2D eigenvalue weighted by atomic mass is 10.0. The molecular weight excluding hydrogens is 180 g/mol. The average molecular weight is 190 g/mol. The maximum atomic E-state index is 10.5. The van der Waals surface area contributed by atoms with Gasteiger partial charge in [0.1, 0.15) is 11.6 Å². The van der Waals surface area contributed by atoms with Crippen LogP contribution in [0.4, 0.5) is 5.69 Å². The number of nitro groups is 1. The van der Waals surface area contributed by atoms with Gasteiger partial charge in [0.25, 0.3) is 5.69 Å². The Bertz CT molecular complexity index is 405. The van der Waals surface area contributed by atoms with E-state index in [1.807, 2.05) is 19.9 Å². The van der Waals surface area contributed by atoms with Crippen molar-refractivity contribution in [2.45, 2.75) is 19.8 Å². The Kier molecular flexibility index (Phi) is 2.82. The van der Waals surface area contributed by atoms with Crippen molar-refractivity contribution in [1.82, 2.24) is 0 Å². The molecule has 72 valence electrons. The fourth-order valence-corrected chi connectivity index (χ4v) is 1.16. The molecule has 1 rings (SSSR count). The second-order valence-electron chi connectivity index (χ2n) is 3.30. The van der Waals surface area contributed by atoms with Crippen molar-refractivity contribution in [2.24, 2.45) is 0 Å². The molecule has 0 saturated carbocycles. The Morgan fingerprint density at radius 2 is 2.14 bits per heavy atom. The standard InChI is InChI=1S/C10H10N2O2/c1-7(2)8-3-4-10(12(13)14)9(5-8)6-11/h3-5,7H,1-2H3. The van der Waals surface area contributed by atoms with Gasteiger partial charge in [0.05, 0.1) is 4.92 Å². The van der Waals surface area contributed by atoms with E-state index in [9.17, 15) is 10.1 Å². The van der Waals surface area contributed by atoms with Gasteiger partial charge in [-0.1, -0.05) is 19.9 Å². The van der Waals surface area contributed by atoms with Crippen LogP contribution < -0.4 is 0 Å². The molecule has 0 aliphatic rings. The number of benzene rings is 1. The zero-order valence-electron chi connectivity index (χ0n) is 8.02. The van der Waals surface area contributed by atoms with Crippen LogP contribution in [0.1, 0.15) is 30.9 Å². The highest BCUT2D eigenvalue weighted by Gasteiger charge is 2.14. The van der Waals surface area contributed by atoms with Gasteiger partial charge >= 0.3 is 0 Å². The summed E-state index contributed by atoms with van der Waals surface area (Å²) < 4.78 is 0. The van der Waals surface area contributed by atoms with E-state index < -0.39 is 4.92 Å². The summed E-state index contributed by atoms with van der Waals surface area (Å²) in [5.41, 5.74) is 0.935. The molecule has 4 heteroatoms. The van der Waals surface area contributed by atoms with Crippen LogP contribution in [-0.2, 0) is 0 Å². The third-order valence-electron chi connectivity index (χ3n) is 2.00. The molecule has 0 bridgehead atoms. The Balaban J connectivity index is 3.27. The second-order valence-corrected chi connectivity index (χ2v) is 3.30. The van der Waals surface area contributed by atoms with Gasteiger partial charge in [0.2, 0.25) is 0 Å². The molecule has 0 atom stereocenters. The van der Waals surface area contributed by atoms with Gasteiger partial charge in [-0.2, -0.15) is 5.26 Å². The largest absolute Gasteiger partial charge is 0.287 e. The molecule has 1 aromatic rings. The quantitative estimate of drug-likeness (QED) is 0.531. The number of rotatable bonds is 2. The topological polar surface area (TPSA) is 66.9 Å². The van der Waals surface area contributed by atoms with Crippen molar-refractivity contribution in [3.8, 4) is 6.07 Å². The lowest BCUT2D eigenvalue weighted by Gasteiger charge is -2.04. The monoisotopic (exact) mass is 190 g/mol. The molecule has 4 nitrogen and oxygen atoms in total. The highest BCUT2D eigenvalue weighted by molar-refractivity contribution is 5.50. The molecule has 0 unspecified atom stereocenters. The average Bonchev–Trinajstić information content (AvgIpc) is 2.16. The number of nitriles is 1. The Hall–Kier alpha value is -1.89. The first-order valence-corrected chi connectivity index (χ1v) is 4.24. The smallest absolute Gasteiger partial charge is 0.258 e. The van der Waals surface area contributed by atoms with Crippen LogP contribution in [0, 0.1) is 21.4 Å². The molecule has 0 amide bonds. The minimum atomic E-state index is -0.539. The van der Waals surface area contributed by atoms with E-state index in [1.54, 1.807) is 12.1 Å². The Morgan fingerprint density at radius 1 is 1.50 bits per heavy atom. The van der Waals surface area contributed by atoms with Crippen LogP contribution in [0.5, 0.6) is 0 Å². The maximum absolute atomic E-state index is 10.5. The molecule has 0 N–H and O–H groups in total. The van der Waals surface area contributed by atoms with E-state index in [1.165, 1.54) is 6.07 Å². The first-order chi connectivity index (χ1) is 6.56. The van der Waals surface area contributed by atoms with E-state index in [2.05, 4.69) is 0 Å². The molecular formula is C10H10N2O2. The van der Waals surface area contributed by atoms with Crippen LogP contribution in [0.25, 0.3) is 0 Å². The summed E-state index contributed by atoms with van der Waals surface area (Å²) in [6.45, 7) is 3.95. The third-order valence-corrected chi connectivity index (χ3v) is 2.00. The van der Waals surface area contributed by atoms with Gasteiger partial charge in [-0.05, 0) is 17.5 Å². The van der Waals surface area contributed by atoms with E-state index in [0.29, 0.717) is 0 Å². The van der Waals surface area contributed by atoms with E-state index in [0.717, 1.165) is 5.56 Å². The van der Waals surface area contributed by atoms with Gasteiger partial charge in [0, 0.05) is 6.07 Å². The SMILES string of the molecule is CC(C)c1ccc([N+](=O)[O-])c(C#N)c1. The minimum Gasteiger partial charge on any atom is -0.258 e. The van der Waals surface area contributed by atoms with Gasteiger partial charge in [-0.15, -0.1) is 0 Å². The van der Waals surface area contributed by atoms with Gasteiger partial charge in [0.15, 0.2) is 0 Å². The zero-order valence-corrected chi connectivity index (χ0v) is 8.02. The first kappa shape index (κ1) is 10.2. The molecule has 0 aliphatic heterocycles. The van der Waals surface area contributed by atoms with Gasteiger partial charge < -0.3 is 0 Å². The molecule has 1 aromatic carbocycles. The molecule has 0 fully saturated rings. The number of nitro benzene ring substituents is 1. The summed E-state index contributed by atoms with van der Waals surface area (Å²) in [6.07, 6.45) is 0. The van der Waals surface area contributed by atoms with Crippen LogP contribution in [0.15, 0.2) is 18.2 Å². The normalized spacial score (nSPS) is 9.86. The summed E-state index contributed by atoms with van der Waals surface area (Å²) >= 11 is 0. The third kappa shape index (κ3) is 1.88. The fraction of sp³-hybridized carbons (Fsp3) is 0.300. The Morgan fingerprint density at radius 3 is 2.57 bits per heavy atom. The number of nitrogens with zero attached hydrogens (tertiary/aromatic N) is 2. The zero-order chi connectivity index (χ0) is 10.7. The molecule has 0 heterocycles. The molecule has 0 aromatic heterocycles. The van der Waals surface area contributed by atoms with Crippen LogP contribution in [-0.4, -0.2) is 4.92 Å². The second kappa shape index (κ2) is 3.88. The summed E-state index contributed by atoms with van der Waals surface area (Å²) in [5.74, 6) is 0.267. The predicted molar refractivity (Wildman–Crippen MR) is 51.9 cm³/mol. The summed E-state index contributed by atoms with van der Waals surface area (Å²) in [6, 6.07) is 6.47. The number of hydrogen-bond donors (Lipinski definition) is 0. The van der Waals surface area contributed by atoms with Crippen molar-refractivity contribution in [2.75, 3.05) is 0 Å². The van der Waals surface area contributed by atoms with E-state index in [-0.39, 0.29) is 17.2 Å². The predicted octanol–water partition coefficient (Wildman–Crippen LogP) is 2.59. The van der Waals surface area contributed by atoms with Crippen molar-refractivity contribution < 1.29 is 4.92 Å². The summed E-state index contributed by atoms with van der Waals surface area (Å²) in [7, 11) is 0. The minimum absolute atomic E-state index is 0.126. The van der Waals surface area contributed by atoms with Crippen LogP contribution in [0.2, 0.25) is 0 Å². The molecule has 0 saturated heterocycles. The van der Waals surface area contributed by atoms with Gasteiger partial charge in [-0.25, -0.2) is 0 Å². The van der Waals surface area contributed by atoms with E-state index >= 15 is 0 Å². The highest BCUT2D eigenvalue weighted by atomic mass is 16.6. The summed E-state index contributed by atoms with van der Waals surface area (Å²) in [5, 5.41) is 19.2. The first-order valence-electron chi connectivity index (χ1n) is 4.24. The molecule has 0 aliphatic carbocycles.